The Morgan fingerprint density at radius 2 is 2.05 bits per heavy atom. The molecule has 0 aliphatic carbocycles. The van der Waals surface area contributed by atoms with Gasteiger partial charge in [-0.15, -0.1) is 11.6 Å². The number of ether oxygens (including phenoxy) is 2. The molecule has 1 unspecified atom stereocenters. The van der Waals surface area contributed by atoms with Gasteiger partial charge in [-0.25, -0.2) is 0 Å². The molecule has 104 valence electrons. The first-order valence-corrected chi connectivity index (χ1v) is 6.95. The molecule has 1 aliphatic rings. The van der Waals surface area contributed by atoms with Crippen LogP contribution >= 0.6 is 11.6 Å². The van der Waals surface area contributed by atoms with E-state index in [2.05, 4.69) is 17.2 Å². The Morgan fingerprint density at radius 1 is 1.26 bits per heavy atom. The lowest BCUT2D eigenvalue weighted by Crippen LogP contribution is -2.31. The monoisotopic (exact) mass is 281 g/mol. The standard InChI is InChI=1S/C15H20ClNO2/c1-18-14-6-5-12(10-15(14)19-2)7-9-17-8-3-4-13(16)11-17/h5-7,9-10,13H,3-4,8,11H2,1-2H3. The molecule has 1 aromatic carbocycles. The van der Waals surface area contributed by atoms with Crippen LogP contribution in [0.25, 0.3) is 6.08 Å². The van der Waals surface area contributed by atoms with Crippen molar-refractivity contribution in [1.82, 2.24) is 4.90 Å². The van der Waals surface area contributed by atoms with Crippen LogP contribution in [0.4, 0.5) is 0 Å². The highest BCUT2D eigenvalue weighted by molar-refractivity contribution is 6.20. The number of hydrogen-bond acceptors (Lipinski definition) is 3. The summed E-state index contributed by atoms with van der Waals surface area (Å²) in [7, 11) is 3.29. The molecule has 1 aromatic rings. The first-order valence-electron chi connectivity index (χ1n) is 6.51. The minimum absolute atomic E-state index is 0.267. The number of methoxy groups -OCH3 is 2. The molecule has 1 atom stereocenters. The van der Waals surface area contributed by atoms with Gasteiger partial charge >= 0.3 is 0 Å². The van der Waals surface area contributed by atoms with Crippen LogP contribution < -0.4 is 9.47 Å². The van der Waals surface area contributed by atoms with E-state index in [9.17, 15) is 0 Å². The van der Waals surface area contributed by atoms with Crippen LogP contribution in [-0.2, 0) is 0 Å². The zero-order valence-electron chi connectivity index (χ0n) is 11.4. The van der Waals surface area contributed by atoms with Gasteiger partial charge in [-0.2, -0.15) is 0 Å². The summed E-state index contributed by atoms with van der Waals surface area (Å²) >= 11 is 6.17. The molecular formula is C15H20ClNO2. The van der Waals surface area contributed by atoms with Crippen molar-refractivity contribution >= 4 is 17.7 Å². The maximum atomic E-state index is 6.17. The van der Waals surface area contributed by atoms with Crippen molar-refractivity contribution in [2.45, 2.75) is 18.2 Å². The fraction of sp³-hybridized carbons (Fsp3) is 0.467. The third-order valence-corrected chi connectivity index (χ3v) is 3.64. The lowest BCUT2D eigenvalue weighted by atomic mass is 10.1. The highest BCUT2D eigenvalue weighted by Crippen LogP contribution is 2.28. The quantitative estimate of drug-likeness (QED) is 0.790. The van der Waals surface area contributed by atoms with Gasteiger partial charge in [-0.05, 0) is 42.8 Å². The average Bonchev–Trinajstić information content (AvgIpc) is 2.45. The van der Waals surface area contributed by atoms with E-state index in [0.717, 1.165) is 43.0 Å². The number of rotatable bonds is 4. The van der Waals surface area contributed by atoms with E-state index in [-0.39, 0.29) is 5.38 Å². The fourth-order valence-corrected chi connectivity index (χ4v) is 2.57. The van der Waals surface area contributed by atoms with Crippen LogP contribution in [0, 0.1) is 0 Å². The Bertz CT molecular complexity index is 448. The van der Waals surface area contributed by atoms with Gasteiger partial charge in [0.05, 0.1) is 19.6 Å². The Morgan fingerprint density at radius 3 is 2.74 bits per heavy atom. The summed E-state index contributed by atoms with van der Waals surface area (Å²) in [6, 6.07) is 5.90. The third-order valence-electron chi connectivity index (χ3n) is 3.28. The summed E-state index contributed by atoms with van der Waals surface area (Å²) in [6.45, 7) is 2.00. The smallest absolute Gasteiger partial charge is 0.161 e. The lowest BCUT2D eigenvalue weighted by molar-refractivity contribution is 0.315. The van der Waals surface area contributed by atoms with Gasteiger partial charge in [0.25, 0.3) is 0 Å². The summed E-state index contributed by atoms with van der Waals surface area (Å²) in [5, 5.41) is 0.267. The highest BCUT2D eigenvalue weighted by atomic mass is 35.5. The second-order valence-corrected chi connectivity index (χ2v) is 5.28. The predicted octanol–water partition coefficient (Wildman–Crippen LogP) is 3.38. The minimum atomic E-state index is 0.267. The zero-order chi connectivity index (χ0) is 13.7. The van der Waals surface area contributed by atoms with E-state index in [4.69, 9.17) is 21.1 Å². The molecule has 0 saturated carbocycles. The molecule has 4 heteroatoms. The minimum Gasteiger partial charge on any atom is -0.493 e. The molecule has 0 aromatic heterocycles. The van der Waals surface area contributed by atoms with E-state index in [1.54, 1.807) is 14.2 Å². The van der Waals surface area contributed by atoms with Crippen LogP contribution in [0.3, 0.4) is 0 Å². The summed E-state index contributed by atoms with van der Waals surface area (Å²) in [5.74, 6) is 1.50. The molecule has 2 rings (SSSR count). The average molecular weight is 282 g/mol. The van der Waals surface area contributed by atoms with Crippen molar-refractivity contribution in [3.8, 4) is 11.5 Å². The largest absolute Gasteiger partial charge is 0.493 e. The Balaban J connectivity index is 2.05. The number of hydrogen-bond donors (Lipinski definition) is 0. The Hall–Kier alpha value is -1.35. The van der Waals surface area contributed by atoms with Gasteiger partial charge in [0.2, 0.25) is 0 Å². The van der Waals surface area contributed by atoms with Crippen LogP contribution in [0.15, 0.2) is 24.4 Å². The second-order valence-electron chi connectivity index (χ2n) is 4.66. The van der Waals surface area contributed by atoms with Gasteiger partial charge in [0.15, 0.2) is 11.5 Å². The maximum absolute atomic E-state index is 6.17. The molecule has 1 heterocycles. The first kappa shape index (κ1) is 14.1. The molecule has 19 heavy (non-hydrogen) atoms. The Labute approximate surface area is 119 Å². The molecular weight excluding hydrogens is 262 g/mol. The van der Waals surface area contributed by atoms with Crippen LogP contribution in [0.5, 0.6) is 11.5 Å². The molecule has 1 aliphatic heterocycles. The third kappa shape index (κ3) is 3.80. The zero-order valence-corrected chi connectivity index (χ0v) is 12.2. The normalized spacial score (nSPS) is 19.7. The van der Waals surface area contributed by atoms with E-state index in [1.807, 2.05) is 18.2 Å². The second kappa shape index (κ2) is 6.71. The van der Waals surface area contributed by atoms with Gasteiger partial charge in [-0.1, -0.05) is 6.07 Å². The number of benzene rings is 1. The predicted molar refractivity (Wildman–Crippen MR) is 79.0 cm³/mol. The summed E-state index contributed by atoms with van der Waals surface area (Å²) in [4.78, 5) is 2.26. The fourth-order valence-electron chi connectivity index (χ4n) is 2.24. The molecule has 0 amide bonds. The topological polar surface area (TPSA) is 21.7 Å². The van der Waals surface area contributed by atoms with E-state index >= 15 is 0 Å². The lowest BCUT2D eigenvalue weighted by Gasteiger charge is -2.28. The van der Waals surface area contributed by atoms with Crippen molar-refractivity contribution in [3.05, 3.63) is 30.0 Å². The number of alkyl halides is 1. The van der Waals surface area contributed by atoms with Crippen molar-refractivity contribution in [1.29, 1.82) is 0 Å². The van der Waals surface area contributed by atoms with E-state index < -0.39 is 0 Å². The molecule has 1 fully saturated rings. The molecule has 3 nitrogen and oxygen atoms in total. The first-order chi connectivity index (χ1) is 9.22. The number of halogens is 1. The maximum Gasteiger partial charge on any atom is 0.161 e. The van der Waals surface area contributed by atoms with Crippen molar-refractivity contribution in [2.24, 2.45) is 0 Å². The number of nitrogens with zero attached hydrogens (tertiary/aromatic N) is 1. The summed E-state index contributed by atoms with van der Waals surface area (Å²) < 4.78 is 10.5. The van der Waals surface area contributed by atoms with Crippen LogP contribution in [-0.4, -0.2) is 37.6 Å². The number of likely N-dealkylation sites (tertiary alicyclic amines) is 1. The van der Waals surface area contributed by atoms with E-state index in [1.165, 1.54) is 0 Å². The molecule has 0 bridgehead atoms. The van der Waals surface area contributed by atoms with Gasteiger partial charge < -0.3 is 14.4 Å². The number of piperidine rings is 1. The highest BCUT2D eigenvalue weighted by Gasteiger charge is 2.14. The van der Waals surface area contributed by atoms with Crippen LogP contribution in [0.2, 0.25) is 0 Å². The van der Waals surface area contributed by atoms with Crippen molar-refractivity contribution < 1.29 is 9.47 Å². The molecule has 0 radical (unpaired) electrons. The van der Waals surface area contributed by atoms with Crippen LogP contribution in [0.1, 0.15) is 18.4 Å². The summed E-state index contributed by atoms with van der Waals surface area (Å²) in [6.07, 6.45) is 6.46. The molecule has 1 saturated heterocycles. The SMILES string of the molecule is COc1ccc(C=CN2CCCC(Cl)C2)cc1OC. The van der Waals surface area contributed by atoms with Crippen molar-refractivity contribution in [3.63, 3.8) is 0 Å². The van der Waals surface area contributed by atoms with Gasteiger partial charge in [0, 0.05) is 13.1 Å². The summed E-state index contributed by atoms with van der Waals surface area (Å²) in [5.41, 5.74) is 1.09. The molecule has 0 spiro atoms. The van der Waals surface area contributed by atoms with Gasteiger partial charge in [-0.3, -0.25) is 0 Å². The molecule has 0 N–H and O–H groups in total. The van der Waals surface area contributed by atoms with Crippen molar-refractivity contribution in [2.75, 3.05) is 27.3 Å². The van der Waals surface area contributed by atoms with Gasteiger partial charge in [0.1, 0.15) is 0 Å². The van der Waals surface area contributed by atoms with E-state index in [0.29, 0.717) is 0 Å². The Kier molecular flexibility index (Phi) is 4.97.